The Labute approximate surface area is 228 Å². The summed E-state index contributed by atoms with van der Waals surface area (Å²) in [4.78, 5) is 40.2. The summed E-state index contributed by atoms with van der Waals surface area (Å²) in [6.45, 7) is 1.50. The zero-order chi connectivity index (χ0) is 28.0. The Bertz CT molecular complexity index is 1160. The Morgan fingerprint density at radius 2 is 1.59 bits per heavy atom. The maximum atomic E-state index is 13.2. The molecule has 0 bridgehead atoms. The molecule has 0 aliphatic heterocycles. The molecule has 0 radical (unpaired) electrons. The van der Waals surface area contributed by atoms with Crippen molar-refractivity contribution in [3.05, 3.63) is 84.2 Å². The molecule has 0 saturated heterocycles. The van der Waals surface area contributed by atoms with E-state index in [0.717, 1.165) is 16.8 Å². The minimum Gasteiger partial charge on any atom is -0.350 e. The average molecular weight is 535 g/mol. The Morgan fingerprint density at radius 3 is 2.21 bits per heavy atom. The summed E-state index contributed by atoms with van der Waals surface area (Å²) in [5, 5.41) is 9.87. The molecule has 3 rings (SSSR count). The third-order valence-electron chi connectivity index (χ3n) is 6.25. The van der Waals surface area contributed by atoms with E-state index in [1.165, 1.54) is 4.90 Å². The van der Waals surface area contributed by atoms with Crippen LogP contribution in [0.15, 0.2) is 73.1 Å². The number of benzene rings is 2. The molecule has 1 aromatic heterocycles. The number of carbonyl (C=O) groups is 3. The number of aryl methyl sites for hydroxylation is 1. The molecular formula is C28H38N8O3. The number of nitrogens with one attached hydrogen (secondary N) is 2. The van der Waals surface area contributed by atoms with Crippen LogP contribution in [0.1, 0.15) is 24.0 Å². The predicted octanol–water partition coefficient (Wildman–Crippen LogP) is 0.0695. The van der Waals surface area contributed by atoms with E-state index in [1.54, 1.807) is 10.9 Å². The number of carbonyl (C=O) groups excluding carboxylic acids is 3. The minimum atomic E-state index is -1.11. The molecule has 3 amide bonds. The van der Waals surface area contributed by atoms with E-state index in [2.05, 4.69) is 15.7 Å². The molecule has 0 saturated carbocycles. The van der Waals surface area contributed by atoms with Crippen molar-refractivity contribution in [1.29, 1.82) is 0 Å². The second kappa shape index (κ2) is 15.4. The van der Waals surface area contributed by atoms with Gasteiger partial charge >= 0.3 is 0 Å². The van der Waals surface area contributed by atoms with Crippen LogP contribution in [0.5, 0.6) is 0 Å². The highest BCUT2D eigenvalue weighted by molar-refractivity contribution is 5.92. The molecule has 208 valence electrons. The molecule has 2 atom stereocenters. The first-order chi connectivity index (χ1) is 18.9. The molecular weight excluding hydrogens is 496 g/mol. The van der Waals surface area contributed by atoms with Crippen LogP contribution in [0.3, 0.4) is 0 Å². The van der Waals surface area contributed by atoms with Gasteiger partial charge in [0.1, 0.15) is 6.04 Å². The van der Waals surface area contributed by atoms with Crippen molar-refractivity contribution >= 4 is 17.7 Å². The van der Waals surface area contributed by atoms with Gasteiger partial charge in [-0.05, 0) is 42.2 Å². The first kappa shape index (κ1) is 29.5. The molecule has 0 aliphatic rings. The second-order valence-corrected chi connectivity index (χ2v) is 9.19. The zero-order valence-electron chi connectivity index (χ0n) is 22.0. The molecule has 11 nitrogen and oxygen atoms in total. The topological polar surface area (TPSA) is 174 Å². The maximum Gasteiger partial charge on any atom is 0.242 e. The molecule has 8 N–H and O–H groups in total. The fraction of sp³-hybridized carbons (Fsp3) is 0.357. The van der Waals surface area contributed by atoms with Gasteiger partial charge in [0.2, 0.25) is 17.7 Å². The highest BCUT2D eigenvalue weighted by Crippen LogP contribution is 2.10. The van der Waals surface area contributed by atoms with Crippen LogP contribution >= 0.6 is 0 Å². The van der Waals surface area contributed by atoms with Crippen LogP contribution in [0.4, 0.5) is 0 Å². The number of rotatable bonds is 15. The van der Waals surface area contributed by atoms with E-state index in [4.69, 9.17) is 17.2 Å². The highest BCUT2D eigenvalue weighted by Gasteiger charge is 2.26. The minimum absolute atomic E-state index is 0.207. The molecule has 0 aliphatic carbocycles. The van der Waals surface area contributed by atoms with E-state index in [0.29, 0.717) is 25.9 Å². The van der Waals surface area contributed by atoms with Crippen LogP contribution in [-0.2, 0) is 27.3 Å². The van der Waals surface area contributed by atoms with Crippen molar-refractivity contribution < 1.29 is 14.4 Å². The SMILES string of the molecule is NCCN(CCN)C(=O)C[C@H](N)C(=O)N[C@@H](CCc1ccccc1)C(=O)NCc1ccc(-n2cccn2)cc1. The number of nitrogens with two attached hydrogens (primary N) is 3. The van der Waals surface area contributed by atoms with E-state index in [9.17, 15) is 14.4 Å². The molecule has 39 heavy (non-hydrogen) atoms. The Hall–Kier alpha value is -4.06. The van der Waals surface area contributed by atoms with Crippen LogP contribution < -0.4 is 27.8 Å². The lowest BCUT2D eigenvalue weighted by atomic mass is 10.0. The van der Waals surface area contributed by atoms with E-state index in [-0.39, 0.29) is 37.9 Å². The quantitative estimate of drug-likeness (QED) is 0.183. The van der Waals surface area contributed by atoms with Crippen molar-refractivity contribution in [2.75, 3.05) is 26.2 Å². The second-order valence-electron chi connectivity index (χ2n) is 9.19. The van der Waals surface area contributed by atoms with Gasteiger partial charge in [-0.1, -0.05) is 42.5 Å². The van der Waals surface area contributed by atoms with E-state index >= 15 is 0 Å². The number of hydrogen-bond acceptors (Lipinski definition) is 7. The zero-order valence-corrected chi connectivity index (χ0v) is 22.0. The van der Waals surface area contributed by atoms with Crippen LogP contribution in [0.25, 0.3) is 5.69 Å². The van der Waals surface area contributed by atoms with Crippen molar-refractivity contribution in [2.24, 2.45) is 17.2 Å². The van der Waals surface area contributed by atoms with Gasteiger partial charge in [0.25, 0.3) is 0 Å². The average Bonchev–Trinajstić information content (AvgIpc) is 3.49. The van der Waals surface area contributed by atoms with Gasteiger partial charge in [-0.2, -0.15) is 5.10 Å². The number of amides is 3. The summed E-state index contributed by atoms with van der Waals surface area (Å²) in [5.74, 6) is -1.21. The summed E-state index contributed by atoms with van der Waals surface area (Å²) in [6.07, 6.45) is 4.29. The normalized spacial score (nSPS) is 12.4. The van der Waals surface area contributed by atoms with Gasteiger partial charge in [-0.15, -0.1) is 0 Å². The van der Waals surface area contributed by atoms with Gasteiger partial charge in [0.15, 0.2) is 0 Å². The lowest BCUT2D eigenvalue weighted by Gasteiger charge is -2.24. The summed E-state index contributed by atoms with van der Waals surface area (Å²) >= 11 is 0. The lowest BCUT2D eigenvalue weighted by Crippen LogP contribution is -2.53. The molecule has 0 spiro atoms. The summed E-state index contributed by atoms with van der Waals surface area (Å²) in [7, 11) is 0. The Balaban J connectivity index is 1.61. The predicted molar refractivity (Wildman–Crippen MR) is 149 cm³/mol. The van der Waals surface area contributed by atoms with Crippen molar-refractivity contribution in [1.82, 2.24) is 25.3 Å². The largest absolute Gasteiger partial charge is 0.350 e. The fourth-order valence-corrected chi connectivity index (χ4v) is 4.09. The Morgan fingerprint density at radius 1 is 0.897 bits per heavy atom. The smallest absolute Gasteiger partial charge is 0.242 e. The third-order valence-corrected chi connectivity index (χ3v) is 6.25. The summed E-state index contributed by atoms with van der Waals surface area (Å²) in [6, 6.07) is 17.2. The van der Waals surface area contributed by atoms with Gasteiger partial charge in [0, 0.05) is 45.1 Å². The van der Waals surface area contributed by atoms with Gasteiger partial charge < -0.3 is 32.7 Å². The molecule has 0 fully saturated rings. The van der Waals surface area contributed by atoms with E-state index < -0.39 is 18.0 Å². The third kappa shape index (κ3) is 9.32. The van der Waals surface area contributed by atoms with Gasteiger partial charge in [-0.25, -0.2) is 4.68 Å². The molecule has 3 aromatic rings. The molecule has 1 heterocycles. The van der Waals surface area contributed by atoms with Gasteiger partial charge in [0.05, 0.1) is 18.2 Å². The number of aromatic nitrogens is 2. The van der Waals surface area contributed by atoms with Crippen LogP contribution in [0.2, 0.25) is 0 Å². The standard InChI is InChI=1S/C28H38N8O3/c29-13-17-35(18-14-30)26(37)19-24(31)27(38)34-25(12-9-21-5-2-1-3-6-21)28(39)32-20-22-7-10-23(11-8-22)36-16-4-15-33-36/h1-8,10-11,15-16,24-25H,9,12-14,17-20,29-31H2,(H,32,39)(H,34,38)/t24-,25-/m0/s1. The number of nitrogens with zero attached hydrogens (tertiary/aromatic N) is 3. The summed E-state index contributed by atoms with van der Waals surface area (Å²) < 4.78 is 1.75. The lowest BCUT2D eigenvalue weighted by molar-refractivity contribution is -0.135. The Kier molecular flexibility index (Phi) is 11.6. The first-order valence-electron chi connectivity index (χ1n) is 13.1. The molecule has 2 aromatic carbocycles. The van der Waals surface area contributed by atoms with E-state index in [1.807, 2.05) is 66.9 Å². The fourth-order valence-electron chi connectivity index (χ4n) is 4.09. The van der Waals surface area contributed by atoms with Gasteiger partial charge in [-0.3, -0.25) is 14.4 Å². The maximum absolute atomic E-state index is 13.2. The van der Waals surface area contributed by atoms with Crippen LogP contribution in [0, 0.1) is 0 Å². The molecule has 11 heteroatoms. The van der Waals surface area contributed by atoms with Crippen molar-refractivity contribution in [3.63, 3.8) is 0 Å². The number of hydrogen-bond donors (Lipinski definition) is 5. The summed E-state index contributed by atoms with van der Waals surface area (Å²) in [5.41, 5.74) is 20.1. The molecule has 0 unspecified atom stereocenters. The monoisotopic (exact) mass is 534 g/mol. The van der Waals surface area contributed by atoms with Crippen molar-refractivity contribution in [2.45, 2.75) is 37.9 Å². The first-order valence-corrected chi connectivity index (χ1v) is 13.1. The van der Waals surface area contributed by atoms with Crippen molar-refractivity contribution in [3.8, 4) is 5.69 Å². The highest BCUT2D eigenvalue weighted by atomic mass is 16.2. The van der Waals surface area contributed by atoms with Crippen LogP contribution in [-0.4, -0.2) is 70.7 Å².